The molecule has 0 unspecified atom stereocenters. The van der Waals surface area contributed by atoms with E-state index in [1.165, 1.54) is 4.90 Å². The Hall–Kier alpha value is -2.95. The molecule has 1 saturated heterocycles. The first-order chi connectivity index (χ1) is 12.6. The summed E-state index contributed by atoms with van der Waals surface area (Å²) in [4.78, 5) is 40.3. The molecule has 0 aromatic heterocycles. The van der Waals surface area contributed by atoms with Gasteiger partial charge in [-0.15, -0.1) is 0 Å². The topological polar surface area (TPSA) is 63.7 Å². The molecule has 1 aliphatic heterocycles. The van der Waals surface area contributed by atoms with Gasteiger partial charge >= 0.3 is 5.97 Å². The number of anilines is 1. The van der Waals surface area contributed by atoms with E-state index in [-0.39, 0.29) is 13.0 Å². The zero-order valence-electron chi connectivity index (χ0n) is 14.8. The summed E-state index contributed by atoms with van der Waals surface area (Å²) in [6.45, 7) is 3.58. The molecule has 2 aromatic rings. The number of amides is 1. The van der Waals surface area contributed by atoms with Crippen molar-refractivity contribution >= 4 is 23.3 Å². The van der Waals surface area contributed by atoms with E-state index in [0.717, 1.165) is 5.56 Å². The molecular formula is C21H21NO4. The zero-order valence-corrected chi connectivity index (χ0v) is 14.8. The number of hydrogen-bond acceptors (Lipinski definition) is 4. The first kappa shape index (κ1) is 17.9. The minimum absolute atomic E-state index is 0.148. The first-order valence-corrected chi connectivity index (χ1v) is 8.73. The number of benzene rings is 2. The van der Waals surface area contributed by atoms with Crippen LogP contribution < -0.4 is 4.90 Å². The van der Waals surface area contributed by atoms with Crippen molar-refractivity contribution in [3.05, 3.63) is 66.2 Å². The molecule has 0 radical (unpaired) electrons. The number of carbonyl (C=O) groups is 3. The van der Waals surface area contributed by atoms with Gasteiger partial charge in [0.1, 0.15) is 0 Å². The summed E-state index contributed by atoms with van der Waals surface area (Å²) in [5.74, 6) is -2.04. The average Bonchev–Trinajstić information content (AvgIpc) is 2.91. The van der Waals surface area contributed by atoms with E-state index in [4.69, 9.17) is 4.74 Å². The summed E-state index contributed by atoms with van der Waals surface area (Å²) >= 11 is 0. The molecule has 134 valence electrons. The van der Waals surface area contributed by atoms with Gasteiger partial charge in [-0.3, -0.25) is 19.3 Å². The quantitative estimate of drug-likeness (QED) is 0.471. The molecule has 0 N–H and O–H groups in total. The predicted molar refractivity (Wildman–Crippen MR) is 97.5 cm³/mol. The second-order valence-corrected chi connectivity index (χ2v) is 6.20. The van der Waals surface area contributed by atoms with Gasteiger partial charge in [0.2, 0.25) is 5.78 Å². The minimum atomic E-state index is -1.55. The number of para-hydroxylation sites is 1. The van der Waals surface area contributed by atoms with Crippen LogP contribution in [-0.2, 0) is 19.1 Å². The van der Waals surface area contributed by atoms with Gasteiger partial charge in [0.15, 0.2) is 5.41 Å². The Bertz CT molecular complexity index is 818. The smallest absolute Gasteiger partial charge is 0.322 e. The highest BCUT2D eigenvalue weighted by atomic mass is 16.5. The van der Waals surface area contributed by atoms with E-state index in [1.807, 2.05) is 36.4 Å². The van der Waals surface area contributed by atoms with Crippen molar-refractivity contribution in [3.63, 3.8) is 0 Å². The maximum Gasteiger partial charge on any atom is 0.322 e. The van der Waals surface area contributed by atoms with Crippen molar-refractivity contribution in [2.75, 3.05) is 11.5 Å². The number of ether oxygens (including phenoxy) is 1. The van der Waals surface area contributed by atoms with Crippen LogP contribution in [0.3, 0.4) is 0 Å². The second-order valence-electron chi connectivity index (χ2n) is 6.20. The molecule has 0 spiro atoms. The number of ketones is 1. The highest BCUT2D eigenvalue weighted by Gasteiger charge is 2.64. The van der Waals surface area contributed by atoms with Crippen molar-refractivity contribution in [2.24, 2.45) is 5.41 Å². The molecule has 2 aromatic carbocycles. The van der Waals surface area contributed by atoms with E-state index < -0.39 is 29.1 Å². The highest BCUT2D eigenvalue weighted by Crippen LogP contribution is 2.50. The molecule has 2 atom stereocenters. The Kier molecular flexibility index (Phi) is 4.89. The number of rotatable bonds is 5. The van der Waals surface area contributed by atoms with Crippen LogP contribution in [0.15, 0.2) is 60.7 Å². The van der Waals surface area contributed by atoms with Crippen LogP contribution in [-0.4, -0.2) is 24.3 Å². The molecule has 0 aliphatic carbocycles. The van der Waals surface area contributed by atoms with Crippen molar-refractivity contribution < 1.29 is 19.1 Å². The van der Waals surface area contributed by atoms with Gasteiger partial charge in [-0.2, -0.15) is 0 Å². The third-order valence-corrected chi connectivity index (χ3v) is 4.89. The van der Waals surface area contributed by atoms with Crippen molar-refractivity contribution in [3.8, 4) is 0 Å². The Morgan fingerprint density at radius 2 is 1.58 bits per heavy atom. The fourth-order valence-electron chi connectivity index (χ4n) is 3.65. The standard InChI is InChI=1S/C21H21NO4/c1-3-21(20(25)26-4-2)17(15-11-7-5-8-12-15)22(19(24)18(21)23)16-13-9-6-10-14-16/h5-14,17H,3-4H2,1-2H3/t17-,21+/m0/s1. The summed E-state index contributed by atoms with van der Waals surface area (Å²) < 4.78 is 5.24. The lowest BCUT2D eigenvalue weighted by Gasteiger charge is -2.34. The molecule has 0 saturated carbocycles. The van der Waals surface area contributed by atoms with Crippen LogP contribution >= 0.6 is 0 Å². The first-order valence-electron chi connectivity index (χ1n) is 8.73. The molecule has 1 fully saturated rings. The van der Waals surface area contributed by atoms with Crippen LogP contribution in [0, 0.1) is 5.41 Å². The van der Waals surface area contributed by atoms with Gasteiger partial charge in [-0.25, -0.2) is 0 Å². The zero-order chi connectivity index (χ0) is 18.7. The van der Waals surface area contributed by atoms with Gasteiger partial charge in [-0.1, -0.05) is 55.5 Å². The van der Waals surface area contributed by atoms with Gasteiger partial charge in [0, 0.05) is 5.69 Å². The Labute approximate surface area is 152 Å². The third-order valence-electron chi connectivity index (χ3n) is 4.89. The Morgan fingerprint density at radius 1 is 1.00 bits per heavy atom. The molecule has 1 aliphatic rings. The van der Waals surface area contributed by atoms with Crippen LogP contribution in [0.1, 0.15) is 31.9 Å². The van der Waals surface area contributed by atoms with Crippen molar-refractivity contribution in [1.82, 2.24) is 0 Å². The number of carbonyl (C=O) groups excluding carboxylic acids is 3. The lowest BCUT2D eigenvalue weighted by molar-refractivity contribution is -0.161. The van der Waals surface area contributed by atoms with Crippen LogP contribution in [0.4, 0.5) is 5.69 Å². The van der Waals surface area contributed by atoms with E-state index in [9.17, 15) is 14.4 Å². The summed E-state index contributed by atoms with van der Waals surface area (Å²) in [6.07, 6.45) is 0.180. The third kappa shape index (κ3) is 2.60. The Balaban J connectivity index is 2.24. The highest BCUT2D eigenvalue weighted by molar-refractivity contribution is 6.49. The molecule has 1 amide bonds. The van der Waals surface area contributed by atoms with Crippen LogP contribution in [0.25, 0.3) is 0 Å². The van der Waals surface area contributed by atoms with Crippen molar-refractivity contribution in [2.45, 2.75) is 26.3 Å². The van der Waals surface area contributed by atoms with Crippen LogP contribution in [0.5, 0.6) is 0 Å². The molecule has 1 heterocycles. The lowest BCUT2D eigenvalue weighted by Crippen LogP contribution is -2.43. The van der Waals surface area contributed by atoms with Gasteiger partial charge < -0.3 is 4.74 Å². The normalized spacial score (nSPS) is 22.5. The summed E-state index contributed by atoms with van der Waals surface area (Å²) in [5, 5.41) is 0. The fourth-order valence-corrected chi connectivity index (χ4v) is 3.65. The average molecular weight is 351 g/mol. The molecule has 0 bridgehead atoms. The summed E-state index contributed by atoms with van der Waals surface area (Å²) in [5.41, 5.74) is -0.241. The van der Waals surface area contributed by atoms with E-state index in [2.05, 4.69) is 0 Å². The molecule has 5 heteroatoms. The second kappa shape index (κ2) is 7.12. The Morgan fingerprint density at radius 3 is 2.12 bits per heavy atom. The monoisotopic (exact) mass is 351 g/mol. The maximum atomic E-state index is 13.1. The van der Waals surface area contributed by atoms with Crippen LogP contribution in [0.2, 0.25) is 0 Å². The largest absolute Gasteiger partial charge is 0.465 e. The molecule has 3 rings (SSSR count). The summed E-state index contributed by atoms with van der Waals surface area (Å²) in [6, 6.07) is 17.4. The number of nitrogens with zero attached hydrogens (tertiary/aromatic N) is 1. The number of hydrogen-bond donors (Lipinski definition) is 0. The molecule has 5 nitrogen and oxygen atoms in total. The van der Waals surface area contributed by atoms with Gasteiger partial charge in [0.25, 0.3) is 5.91 Å². The lowest BCUT2D eigenvalue weighted by atomic mass is 9.74. The number of esters is 1. The molecular weight excluding hydrogens is 330 g/mol. The fraction of sp³-hybridized carbons (Fsp3) is 0.286. The van der Waals surface area contributed by atoms with E-state index in [0.29, 0.717) is 5.69 Å². The predicted octanol–water partition coefficient (Wildman–Crippen LogP) is 3.30. The van der Waals surface area contributed by atoms with E-state index >= 15 is 0 Å². The summed E-state index contributed by atoms with van der Waals surface area (Å²) in [7, 11) is 0. The SMILES string of the molecule is CCOC(=O)[C@@]1(CC)C(=O)C(=O)N(c2ccccc2)[C@H]1c1ccccc1. The molecule has 26 heavy (non-hydrogen) atoms. The van der Waals surface area contributed by atoms with Gasteiger partial charge in [-0.05, 0) is 31.0 Å². The number of Topliss-reactive ketones (excluding diaryl/α,β-unsaturated/α-hetero) is 1. The minimum Gasteiger partial charge on any atom is -0.465 e. The van der Waals surface area contributed by atoms with Gasteiger partial charge in [0.05, 0.1) is 12.6 Å². The van der Waals surface area contributed by atoms with E-state index in [1.54, 1.807) is 38.1 Å². The van der Waals surface area contributed by atoms with Crippen molar-refractivity contribution in [1.29, 1.82) is 0 Å². The maximum absolute atomic E-state index is 13.1.